The van der Waals surface area contributed by atoms with Crippen LogP contribution in [0.5, 0.6) is 5.75 Å². The lowest BCUT2D eigenvalue weighted by Crippen LogP contribution is -2.02. The number of aromatic nitrogens is 1. The van der Waals surface area contributed by atoms with E-state index in [1.165, 1.54) is 11.1 Å². The second kappa shape index (κ2) is 4.84. The Kier molecular flexibility index (Phi) is 3.41. The van der Waals surface area contributed by atoms with Crippen LogP contribution in [0.2, 0.25) is 0 Å². The van der Waals surface area contributed by atoms with Gasteiger partial charge < -0.3 is 10.1 Å². The van der Waals surface area contributed by atoms with Gasteiger partial charge in [-0.05, 0) is 36.1 Å². The lowest BCUT2D eigenvalue weighted by molar-refractivity contribution is 0.419. The van der Waals surface area contributed by atoms with Crippen LogP contribution in [0.3, 0.4) is 0 Å². The van der Waals surface area contributed by atoms with Crippen molar-refractivity contribution in [2.45, 2.75) is 26.7 Å². The lowest BCUT2D eigenvalue weighted by atomic mass is 9.99. The van der Waals surface area contributed by atoms with Crippen LogP contribution < -0.4 is 10.1 Å². The minimum atomic E-state index is 0.440. The standard InChI is InChI=1S/C15H20N2O/c1-9(2)11-8-12-10(3)6-7-13(18-5)14(12)17-15(11)16-4/h6-9H,1-5H3,(H,16,17). The van der Waals surface area contributed by atoms with Gasteiger partial charge in [-0.1, -0.05) is 19.9 Å². The van der Waals surface area contributed by atoms with E-state index >= 15 is 0 Å². The predicted octanol–water partition coefficient (Wildman–Crippen LogP) is 3.72. The highest BCUT2D eigenvalue weighted by Crippen LogP contribution is 2.32. The van der Waals surface area contributed by atoms with Gasteiger partial charge in [-0.2, -0.15) is 0 Å². The fraction of sp³-hybridized carbons (Fsp3) is 0.400. The van der Waals surface area contributed by atoms with E-state index in [4.69, 9.17) is 9.72 Å². The number of fused-ring (bicyclic) bond motifs is 1. The molecular formula is C15H20N2O. The summed E-state index contributed by atoms with van der Waals surface area (Å²) in [6.45, 7) is 6.46. The lowest BCUT2D eigenvalue weighted by Gasteiger charge is -2.15. The first-order valence-electron chi connectivity index (χ1n) is 6.24. The number of aryl methyl sites for hydroxylation is 1. The molecule has 0 aliphatic heterocycles. The first-order valence-corrected chi connectivity index (χ1v) is 6.24. The van der Waals surface area contributed by atoms with E-state index < -0.39 is 0 Å². The normalized spacial score (nSPS) is 11.0. The van der Waals surface area contributed by atoms with Crippen LogP contribution in [-0.4, -0.2) is 19.1 Å². The van der Waals surface area contributed by atoms with Crippen molar-refractivity contribution in [1.29, 1.82) is 0 Å². The highest BCUT2D eigenvalue weighted by molar-refractivity contribution is 5.89. The summed E-state index contributed by atoms with van der Waals surface area (Å²) in [5, 5.41) is 4.34. The zero-order valence-corrected chi connectivity index (χ0v) is 11.7. The Bertz CT molecular complexity index is 576. The van der Waals surface area contributed by atoms with Crippen molar-refractivity contribution in [3.63, 3.8) is 0 Å². The smallest absolute Gasteiger partial charge is 0.145 e. The molecule has 2 rings (SSSR count). The highest BCUT2D eigenvalue weighted by atomic mass is 16.5. The van der Waals surface area contributed by atoms with E-state index in [1.807, 2.05) is 13.1 Å². The largest absolute Gasteiger partial charge is 0.494 e. The zero-order chi connectivity index (χ0) is 13.3. The molecule has 0 unspecified atom stereocenters. The third-order valence-electron chi connectivity index (χ3n) is 3.27. The number of ether oxygens (including phenoxy) is 1. The van der Waals surface area contributed by atoms with E-state index in [2.05, 4.69) is 38.2 Å². The quantitative estimate of drug-likeness (QED) is 0.893. The number of hydrogen-bond donors (Lipinski definition) is 1. The topological polar surface area (TPSA) is 34.2 Å². The van der Waals surface area contributed by atoms with Crippen molar-refractivity contribution in [3.05, 3.63) is 29.3 Å². The molecule has 3 nitrogen and oxygen atoms in total. The van der Waals surface area contributed by atoms with Crippen LogP contribution >= 0.6 is 0 Å². The maximum Gasteiger partial charge on any atom is 0.145 e. The first kappa shape index (κ1) is 12.7. The van der Waals surface area contributed by atoms with Crippen molar-refractivity contribution in [3.8, 4) is 5.75 Å². The Morgan fingerprint density at radius 1 is 1.28 bits per heavy atom. The Hall–Kier alpha value is -1.77. The number of nitrogens with one attached hydrogen (secondary N) is 1. The molecule has 0 spiro atoms. The van der Waals surface area contributed by atoms with Gasteiger partial charge in [0, 0.05) is 12.4 Å². The molecule has 0 atom stereocenters. The third kappa shape index (κ3) is 2.01. The second-order valence-corrected chi connectivity index (χ2v) is 4.81. The summed E-state index contributed by atoms with van der Waals surface area (Å²) in [7, 11) is 3.59. The number of anilines is 1. The summed E-state index contributed by atoms with van der Waals surface area (Å²) in [6.07, 6.45) is 0. The van der Waals surface area contributed by atoms with Crippen LogP contribution in [0.25, 0.3) is 10.9 Å². The van der Waals surface area contributed by atoms with Gasteiger partial charge in [0.05, 0.1) is 7.11 Å². The molecule has 0 bridgehead atoms. The summed E-state index contributed by atoms with van der Waals surface area (Å²) in [5.41, 5.74) is 3.38. The predicted molar refractivity (Wildman–Crippen MR) is 76.7 cm³/mol. The Morgan fingerprint density at radius 3 is 2.56 bits per heavy atom. The molecular weight excluding hydrogens is 224 g/mol. The van der Waals surface area contributed by atoms with Gasteiger partial charge >= 0.3 is 0 Å². The van der Waals surface area contributed by atoms with Crippen molar-refractivity contribution in [2.75, 3.05) is 19.5 Å². The van der Waals surface area contributed by atoms with Crippen LogP contribution in [0.4, 0.5) is 5.82 Å². The van der Waals surface area contributed by atoms with E-state index in [-0.39, 0.29) is 0 Å². The second-order valence-electron chi connectivity index (χ2n) is 4.81. The van der Waals surface area contributed by atoms with E-state index in [1.54, 1.807) is 7.11 Å². The molecule has 0 aliphatic carbocycles. The monoisotopic (exact) mass is 244 g/mol. The maximum atomic E-state index is 5.39. The number of methoxy groups -OCH3 is 1. The molecule has 3 heteroatoms. The Morgan fingerprint density at radius 2 is 2.00 bits per heavy atom. The summed E-state index contributed by atoms with van der Waals surface area (Å²) in [5.74, 6) is 2.19. The molecule has 0 saturated heterocycles. The highest BCUT2D eigenvalue weighted by Gasteiger charge is 2.13. The minimum Gasteiger partial charge on any atom is -0.494 e. The molecule has 1 aromatic heterocycles. The van der Waals surface area contributed by atoms with Crippen LogP contribution in [-0.2, 0) is 0 Å². The summed E-state index contributed by atoms with van der Waals surface area (Å²) >= 11 is 0. The molecule has 0 saturated carbocycles. The van der Waals surface area contributed by atoms with Gasteiger partial charge in [0.15, 0.2) is 0 Å². The van der Waals surface area contributed by atoms with Crippen molar-refractivity contribution in [2.24, 2.45) is 0 Å². The average molecular weight is 244 g/mol. The summed E-state index contributed by atoms with van der Waals surface area (Å²) < 4.78 is 5.39. The molecule has 18 heavy (non-hydrogen) atoms. The first-order chi connectivity index (χ1) is 8.58. The van der Waals surface area contributed by atoms with Crippen molar-refractivity contribution < 1.29 is 4.74 Å². The van der Waals surface area contributed by atoms with Gasteiger partial charge in [0.1, 0.15) is 17.1 Å². The van der Waals surface area contributed by atoms with E-state index in [0.29, 0.717) is 5.92 Å². The van der Waals surface area contributed by atoms with Crippen LogP contribution in [0.15, 0.2) is 18.2 Å². The molecule has 0 amide bonds. The number of nitrogens with zero attached hydrogens (tertiary/aromatic N) is 1. The number of rotatable bonds is 3. The zero-order valence-electron chi connectivity index (χ0n) is 11.7. The van der Waals surface area contributed by atoms with Gasteiger partial charge in [-0.15, -0.1) is 0 Å². The molecule has 0 fully saturated rings. The maximum absolute atomic E-state index is 5.39. The number of pyridine rings is 1. The van der Waals surface area contributed by atoms with Gasteiger partial charge in [-0.25, -0.2) is 4.98 Å². The van der Waals surface area contributed by atoms with Crippen molar-refractivity contribution in [1.82, 2.24) is 4.98 Å². The van der Waals surface area contributed by atoms with E-state index in [9.17, 15) is 0 Å². The molecule has 1 aromatic carbocycles. The Labute approximate surface area is 108 Å². The molecule has 2 aromatic rings. The third-order valence-corrected chi connectivity index (χ3v) is 3.27. The fourth-order valence-corrected chi connectivity index (χ4v) is 2.19. The molecule has 1 heterocycles. The molecule has 96 valence electrons. The fourth-order valence-electron chi connectivity index (χ4n) is 2.19. The average Bonchev–Trinajstić information content (AvgIpc) is 2.37. The van der Waals surface area contributed by atoms with Crippen LogP contribution in [0.1, 0.15) is 30.9 Å². The minimum absolute atomic E-state index is 0.440. The Balaban J connectivity index is 2.81. The van der Waals surface area contributed by atoms with E-state index in [0.717, 1.165) is 22.5 Å². The SMILES string of the molecule is CNc1nc2c(OC)ccc(C)c2cc1C(C)C. The molecule has 0 radical (unpaired) electrons. The van der Waals surface area contributed by atoms with Crippen molar-refractivity contribution >= 4 is 16.7 Å². The van der Waals surface area contributed by atoms with Gasteiger partial charge in [-0.3, -0.25) is 0 Å². The number of benzene rings is 1. The summed E-state index contributed by atoms with van der Waals surface area (Å²) in [6, 6.07) is 6.27. The number of hydrogen-bond acceptors (Lipinski definition) is 3. The molecule has 1 N–H and O–H groups in total. The van der Waals surface area contributed by atoms with Crippen LogP contribution in [0, 0.1) is 6.92 Å². The van der Waals surface area contributed by atoms with Gasteiger partial charge in [0.25, 0.3) is 0 Å². The molecule has 0 aliphatic rings. The summed E-state index contributed by atoms with van der Waals surface area (Å²) in [4.78, 5) is 4.71. The van der Waals surface area contributed by atoms with Gasteiger partial charge in [0.2, 0.25) is 0 Å².